The molecule has 1 aromatic rings. The van der Waals surface area contributed by atoms with E-state index in [2.05, 4.69) is 17.6 Å². The fraction of sp³-hybridized carbons (Fsp3) is 0.500. The Balaban J connectivity index is 2.27. The molecule has 0 spiro atoms. The minimum Gasteiger partial charge on any atom is -0.325 e. The molecule has 1 rings (SSSR count). The average molecular weight is 234 g/mol. The summed E-state index contributed by atoms with van der Waals surface area (Å²) in [6, 6.07) is 9.39. The summed E-state index contributed by atoms with van der Waals surface area (Å²) in [4.78, 5) is 11.8. The monoisotopic (exact) mass is 234 g/mol. The molecule has 1 aromatic carbocycles. The predicted octanol–water partition coefficient (Wildman–Crippen LogP) is 2.79. The second-order valence-electron chi connectivity index (χ2n) is 4.24. The van der Waals surface area contributed by atoms with E-state index in [0.717, 1.165) is 18.7 Å². The SMILES string of the molecule is CCCCCNC(C)C(=O)Nc1ccccc1. The number of unbranched alkanes of at least 4 members (excludes halogenated alkanes) is 2. The van der Waals surface area contributed by atoms with E-state index in [1.54, 1.807) is 0 Å². The van der Waals surface area contributed by atoms with Crippen LogP contribution in [0, 0.1) is 0 Å². The summed E-state index contributed by atoms with van der Waals surface area (Å²) >= 11 is 0. The number of para-hydroxylation sites is 1. The Morgan fingerprint density at radius 1 is 1.24 bits per heavy atom. The second-order valence-corrected chi connectivity index (χ2v) is 4.24. The summed E-state index contributed by atoms with van der Waals surface area (Å²) in [5.74, 6) is 0.0210. The van der Waals surface area contributed by atoms with Gasteiger partial charge in [0.05, 0.1) is 6.04 Å². The number of hydrogen-bond donors (Lipinski definition) is 2. The summed E-state index contributed by atoms with van der Waals surface area (Å²) in [5, 5.41) is 6.11. The van der Waals surface area contributed by atoms with Crippen LogP contribution in [0.4, 0.5) is 5.69 Å². The van der Waals surface area contributed by atoms with E-state index in [4.69, 9.17) is 0 Å². The number of rotatable bonds is 7. The maximum atomic E-state index is 11.8. The molecule has 1 atom stereocenters. The van der Waals surface area contributed by atoms with Crippen molar-refractivity contribution in [2.75, 3.05) is 11.9 Å². The van der Waals surface area contributed by atoms with Gasteiger partial charge in [-0.05, 0) is 32.0 Å². The zero-order valence-electron chi connectivity index (χ0n) is 10.7. The van der Waals surface area contributed by atoms with Crippen molar-refractivity contribution in [3.05, 3.63) is 30.3 Å². The summed E-state index contributed by atoms with van der Waals surface area (Å²) in [6.07, 6.45) is 3.53. The van der Waals surface area contributed by atoms with Crippen LogP contribution < -0.4 is 10.6 Å². The third-order valence-electron chi connectivity index (χ3n) is 2.67. The van der Waals surface area contributed by atoms with Crippen LogP contribution in [-0.2, 0) is 4.79 Å². The Kier molecular flexibility index (Phi) is 6.33. The van der Waals surface area contributed by atoms with Crippen molar-refractivity contribution in [2.24, 2.45) is 0 Å². The molecule has 3 nitrogen and oxygen atoms in total. The first-order valence-corrected chi connectivity index (χ1v) is 6.33. The molecule has 0 radical (unpaired) electrons. The van der Waals surface area contributed by atoms with Crippen LogP contribution in [0.3, 0.4) is 0 Å². The van der Waals surface area contributed by atoms with Gasteiger partial charge in [-0.15, -0.1) is 0 Å². The largest absolute Gasteiger partial charge is 0.325 e. The number of carbonyl (C=O) groups excluding carboxylic acids is 1. The lowest BCUT2D eigenvalue weighted by molar-refractivity contribution is -0.117. The fourth-order valence-electron chi connectivity index (χ4n) is 1.56. The van der Waals surface area contributed by atoms with Gasteiger partial charge in [-0.1, -0.05) is 38.0 Å². The molecule has 3 heteroatoms. The molecule has 0 aliphatic rings. The van der Waals surface area contributed by atoms with Crippen molar-refractivity contribution in [3.63, 3.8) is 0 Å². The number of benzene rings is 1. The quantitative estimate of drug-likeness (QED) is 0.712. The molecule has 0 fully saturated rings. The lowest BCUT2D eigenvalue weighted by atomic mass is 10.2. The highest BCUT2D eigenvalue weighted by Crippen LogP contribution is 2.05. The molecular weight excluding hydrogens is 212 g/mol. The first kappa shape index (κ1) is 13.7. The lowest BCUT2D eigenvalue weighted by Crippen LogP contribution is -2.38. The van der Waals surface area contributed by atoms with Crippen molar-refractivity contribution in [3.8, 4) is 0 Å². The Labute approximate surface area is 104 Å². The summed E-state index contributed by atoms with van der Waals surface area (Å²) < 4.78 is 0. The van der Waals surface area contributed by atoms with E-state index in [0.29, 0.717) is 0 Å². The van der Waals surface area contributed by atoms with Crippen LogP contribution in [0.15, 0.2) is 30.3 Å². The van der Waals surface area contributed by atoms with E-state index in [1.165, 1.54) is 12.8 Å². The van der Waals surface area contributed by atoms with Gasteiger partial charge in [0.25, 0.3) is 0 Å². The second kappa shape index (κ2) is 7.85. The number of nitrogens with one attached hydrogen (secondary N) is 2. The molecule has 94 valence electrons. The van der Waals surface area contributed by atoms with Gasteiger partial charge in [-0.3, -0.25) is 4.79 Å². The highest BCUT2D eigenvalue weighted by atomic mass is 16.2. The van der Waals surface area contributed by atoms with Crippen molar-refractivity contribution >= 4 is 11.6 Å². The van der Waals surface area contributed by atoms with Gasteiger partial charge < -0.3 is 10.6 Å². The molecule has 0 saturated heterocycles. The van der Waals surface area contributed by atoms with Gasteiger partial charge in [0.2, 0.25) is 5.91 Å². The molecule has 0 aliphatic heterocycles. The highest BCUT2D eigenvalue weighted by Gasteiger charge is 2.11. The molecule has 0 bridgehead atoms. The van der Waals surface area contributed by atoms with E-state index >= 15 is 0 Å². The Morgan fingerprint density at radius 3 is 2.59 bits per heavy atom. The molecule has 0 saturated carbocycles. The predicted molar refractivity (Wildman–Crippen MR) is 72.1 cm³/mol. The molecule has 2 N–H and O–H groups in total. The van der Waals surface area contributed by atoms with Crippen LogP contribution in [-0.4, -0.2) is 18.5 Å². The number of amides is 1. The van der Waals surface area contributed by atoms with Gasteiger partial charge in [0, 0.05) is 5.69 Å². The molecule has 1 amide bonds. The summed E-state index contributed by atoms with van der Waals surface area (Å²) in [7, 11) is 0. The van der Waals surface area contributed by atoms with E-state index in [1.807, 2.05) is 37.3 Å². The number of hydrogen-bond acceptors (Lipinski definition) is 2. The Morgan fingerprint density at radius 2 is 1.94 bits per heavy atom. The topological polar surface area (TPSA) is 41.1 Å². The van der Waals surface area contributed by atoms with Gasteiger partial charge >= 0.3 is 0 Å². The van der Waals surface area contributed by atoms with Crippen molar-refractivity contribution in [2.45, 2.75) is 39.2 Å². The van der Waals surface area contributed by atoms with Crippen molar-refractivity contribution in [1.82, 2.24) is 5.32 Å². The van der Waals surface area contributed by atoms with Crippen LogP contribution in [0.2, 0.25) is 0 Å². The molecular formula is C14H22N2O. The van der Waals surface area contributed by atoms with Gasteiger partial charge in [-0.25, -0.2) is 0 Å². The van der Waals surface area contributed by atoms with Gasteiger partial charge in [-0.2, -0.15) is 0 Å². The average Bonchev–Trinajstić information content (AvgIpc) is 2.35. The third-order valence-corrected chi connectivity index (χ3v) is 2.67. The standard InChI is InChI=1S/C14H22N2O/c1-3-4-8-11-15-12(2)14(17)16-13-9-6-5-7-10-13/h5-7,9-10,12,15H,3-4,8,11H2,1-2H3,(H,16,17). The molecule has 1 unspecified atom stereocenters. The lowest BCUT2D eigenvalue weighted by Gasteiger charge is -2.13. The van der Waals surface area contributed by atoms with Crippen LogP contribution >= 0.6 is 0 Å². The molecule has 17 heavy (non-hydrogen) atoms. The zero-order chi connectivity index (χ0) is 12.5. The summed E-state index contributed by atoms with van der Waals surface area (Å²) in [5.41, 5.74) is 0.847. The molecule has 0 heterocycles. The highest BCUT2D eigenvalue weighted by molar-refractivity contribution is 5.94. The van der Waals surface area contributed by atoms with Gasteiger partial charge in [0.1, 0.15) is 0 Å². The molecule has 0 aromatic heterocycles. The normalized spacial score (nSPS) is 12.1. The minimum absolute atomic E-state index is 0.0210. The minimum atomic E-state index is -0.146. The first-order chi connectivity index (χ1) is 8.24. The zero-order valence-corrected chi connectivity index (χ0v) is 10.7. The van der Waals surface area contributed by atoms with Crippen molar-refractivity contribution in [1.29, 1.82) is 0 Å². The maximum Gasteiger partial charge on any atom is 0.241 e. The van der Waals surface area contributed by atoms with Crippen LogP contribution in [0.1, 0.15) is 33.1 Å². The van der Waals surface area contributed by atoms with E-state index in [-0.39, 0.29) is 11.9 Å². The fourth-order valence-corrected chi connectivity index (χ4v) is 1.56. The maximum absolute atomic E-state index is 11.8. The first-order valence-electron chi connectivity index (χ1n) is 6.33. The number of anilines is 1. The van der Waals surface area contributed by atoms with Crippen molar-refractivity contribution < 1.29 is 4.79 Å². The van der Waals surface area contributed by atoms with E-state index in [9.17, 15) is 4.79 Å². The van der Waals surface area contributed by atoms with Gasteiger partial charge in [0.15, 0.2) is 0 Å². The smallest absolute Gasteiger partial charge is 0.241 e. The Bertz CT molecular complexity index is 324. The van der Waals surface area contributed by atoms with Crippen LogP contribution in [0.5, 0.6) is 0 Å². The summed E-state index contributed by atoms with van der Waals surface area (Å²) in [6.45, 7) is 4.97. The molecule has 0 aliphatic carbocycles. The van der Waals surface area contributed by atoms with E-state index < -0.39 is 0 Å². The third kappa shape index (κ3) is 5.50. The van der Waals surface area contributed by atoms with Crippen LogP contribution in [0.25, 0.3) is 0 Å². The number of carbonyl (C=O) groups is 1. The Hall–Kier alpha value is -1.35.